The normalized spacial score (nSPS) is 10.6. The summed E-state index contributed by atoms with van der Waals surface area (Å²) in [5.74, 6) is -0.687. The van der Waals surface area contributed by atoms with Crippen molar-refractivity contribution in [2.45, 2.75) is 45.4 Å². The Morgan fingerprint density at radius 1 is 1.08 bits per heavy atom. The zero-order valence-corrected chi connectivity index (χ0v) is 14.5. The van der Waals surface area contributed by atoms with Crippen molar-refractivity contribution in [2.24, 2.45) is 0 Å². The summed E-state index contributed by atoms with van der Waals surface area (Å²) in [5, 5.41) is 15.7. The number of hydrogen-bond acceptors (Lipinski definition) is 6. The van der Waals surface area contributed by atoms with Crippen LogP contribution in [0.1, 0.15) is 45.4 Å². The maximum atomic E-state index is 11.7. The number of hydroxylamine groups is 2. The van der Waals surface area contributed by atoms with Gasteiger partial charge in [-0.1, -0.05) is 6.92 Å². The maximum absolute atomic E-state index is 11.7. The van der Waals surface area contributed by atoms with Gasteiger partial charge in [0.05, 0.1) is 5.69 Å². The van der Waals surface area contributed by atoms with Crippen LogP contribution in [0.4, 0.5) is 5.69 Å². The highest BCUT2D eigenvalue weighted by atomic mass is 16.5. The molecular weight excluding hydrogens is 325 g/mol. The number of rotatable bonds is 12. The number of hydrogen-bond donors (Lipinski definition) is 3. The van der Waals surface area contributed by atoms with Crippen LogP contribution in [0.25, 0.3) is 0 Å². The summed E-state index contributed by atoms with van der Waals surface area (Å²) in [7, 11) is 5.39. The zero-order valence-electron chi connectivity index (χ0n) is 14.5. The summed E-state index contributed by atoms with van der Waals surface area (Å²) >= 11 is 0. The molecule has 0 aliphatic heterocycles. The average molecular weight is 349 g/mol. The van der Waals surface area contributed by atoms with Crippen molar-refractivity contribution in [3.63, 3.8) is 0 Å². The van der Waals surface area contributed by atoms with Gasteiger partial charge in [0.25, 0.3) is 0 Å². The van der Waals surface area contributed by atoms with Crippen LogP contribution in [-0.2, 0) is 9.59 Å². The number of unbranched alkanes of at least 4 members (excludes halogenated alkanes) is 2. The van der Waals surface area contributed by atoms with E-state index in [9.17, 15) is 24.4 Å². The summed E-state index contributed by atoms with van der Waals surface area (Å²) in [6.45, 7) is 3.17. The average Bonchev–Trinajstić information content (AvgIpc) is 2.62. The van der Waals surface area contributed by atoms with Gasteiger partial charge in [-0.05, 0) is 31.1 Å². The maximum Gasteiger partial charge on any atom is 0.247 e. The van der Waals surface area contributed by atoms with Crippen molar-refractivity contribution < 1.29 is 14.8 Å². The van der Waals surface area contributed by atoms with E-state index >= 15 is 0 Å². The van der Waals surface area contributed by atoms with Crippen LogP contribution in [0, 0.1) is 0 Å². The molecule has 0 aromatic heterocycles. The first-order chi connectivity index (χ1) is 11.9. The fourth-order valence-corrected chi connectivity index (χ4v) is 2.19. The Morgan fingerprint density at radius 2 is 1.80 bits per heavy atom. The number of nitrogens with zero attached hydrogens (tertiary/aromatic N) is 1. The fraction of sp³-hybridized carbons (Fsp3) is 0.625. The van der Waals surface area contributed by atoms with Crippen molar-refractivity contribution in [1.82, 2.24) is 10.4 Å². The van der Waals surface area contributed by atoms with Gasteiger partial charge in [-0.15, -0.1) is 0 Å². The van der Waals surface area contributed by atoms with Crippen LogP contribution in [0.5, 0.6) is 0 Å². The van der Waals surface area contributed by atoms with Crippen molar-refractivity contribution in [1.29, 1.82) is 0 Å². The standard InChI is InChI=1S/C16H24BN3O5/c1-2-8-18-11(21)6-7-12(22)20(25)10-5-3-4-9-19-14-13(17)15(23)16(14)24/h19,25H,2-10H2,1H3,(H,18,21). The predicted molar refractivity (Wildman–Crippen MR) is 95.1 cm³/mol. The second-order valence-corrected chi connectivity index (χ2v) is 5.80. The lowest BCUT2D eigenvalue weighted by Crippen LogP contribution is -2.49. The number of nitrogens with one attached hydrogen (secondary N) is 2. The fourth-order valence-electron chi connectivity index (χ4n) is 2.19. The summed E-state index contributed by atoms with van der Waals surface area (Å²) in [6, 6.07) is 0. The molecule has 0 unspecified atom stereocenters. The molecule has 0 atom stereocenters. The molecule has 0 heterocycles. The van der Waals surface area contributed by atoms with E-state index in [0.717, 1.165) is 6.42 Å². The second-order valence-electron chi connectivity index (χ2n) is 5.80. The zero-order chi connectivity index (χ0) is 18.8. The van der Waals surface area contributed by atoms with Crippen LogP contribution in [0.3, 0.4) is 0 Å². The minimum Gasteiger partial charge on any atom is -0.382 e. The van der Waals surface area contributed by atoms with E-state index in [2.05, 4.69) is 10.6 Å². The molecule has 0 fully saturated rings. The highest BCUT2D eigenvalue weighted by Gasteiger charge is 2.15. The SMILES string of the molecule is [B]c1c(NCCCCCN(O)C(=O)CCC(=O)NCCC)c(=O)c1=O. The molecule has 2 amide bonds. The first-order valence-corrected chi connectivity index (χ1v) is 8.47. The Hall–Kier alpha value is -2.16. The largest absolute Gasteiger partial charge is 0.382 e. The van der Waals surface area contributed by atoms with Gasteiger partial charge in [-0.3, -0.25) is 24.4 Å². The van der Waals surface area contributed by atoms with Gasteiger partial charge >= 0.3 is 0 Å². The van der Waals surface area contributed by atoms with E-state index < -0.39 is 16.8 Å². The Labute approximate surface area is 147 Å². The van der Waals surface area contributed by atoms with Gasteiger partial charge in [0, 0.05) is 32.5 Å². The van der Waals surface area contributed by atoms with Crippen LogP contribution in [0.15, 0.2) is 9.59 Å². The summed E-state index contributed by atoms with van der Waals surface area (Å²) in [6.07, 6.45) is 2.84. The number of anilines is 1. The third kappa shape index (κ3) is 6.70. The highest BCUT2D eigenvalue weighted by molar-refractivity contribution is 6.36. The van der Waals surface area contributed by atoms with Crippen LogP contribution >= 0.6 is 0 Å². The summed E-state index contributed by atoms with van der Waals surface area (Å²) in [4.78, 5) is 45.2. The van der Waals surface area contributed by atoms with E-state index in [1.165, 1.54) is 0 Å². The Kier molecular flexibility index (Phi) is 8.90. The molecule has 9 heteroatoms. The Bertz CT molecular complexity index is 654. The molecule has 0 saturated carbocycles. The number of carbonyl (C=O) groups is 2. The van der Waals surface area contributed by atoms with Crippen molar-refractivity contribution in [3.05, 3.63) is 20.4 Å². The van der Waals surface area contributed by atoms with Crippen molar-refractivity contribution >= 4 is 30.8 Å². The topological polar surface area (TPSA) is 116 Å². The van der Waals surface area contributed by atoms with Crippen LogP contribution in [0.2, 0.25) is 0 Å². The van der Waals surface area contributed by atoms with Gasteiger partial charge < -0.3 is 10.6 Å². The van der Waals surface area contributed by atoms with Crippen molar-refractivity contribution in [2.75, 3.05) is 25.0 Å². The van der Waals surface area contributed by atoms with Gasteiger partial charge in [-0.2, -0.15) is 0 Å². The Morgan fingerprint density at radius 3 is 2.44 bits per heavy atom. The lowest BCUT2D eigenvalue weighted by molar-refractivity contribution is -0.166. The van der Waals surface area contributed by atoms with E-state index in [4.69, 9.17) is 7.85 Å². The quantitative estimate of drug-likeness (QED) is 0.149. The lowest BCUT2D eigenvalue weighted by atomic mass is 9.89. The predicted octanol–water partition coefficient (Wildman–Crippen LogP) is -0.817. The molecule has 0 aliphatic carbocycles. The first-order valence-electron chi connectivity index (χ1n) is 8.47. The summed E-state index contributed by atoms with van der Waals surface area (Å²) < 4.78 is 0. The molecule has 1 aromatic carbocycles. The summed E-state index contributed by atoms with van der Waals surface area (Å²) in [5.41, 5.74) is -1.10. The minimum atomic E-state index is -0.652. The molecule has 0 saturated heterocycles. The lowest BCUT2D eigenvalue weighted by Gasteiger charge is -2.15. The van der Waals surface area contributed by atoms with Gasteiger partial charge in [0.1, 0.15) is 7.85 Å². The minimum absolute atomic E-state index is 0.0277. The smallest absolute Gasteiger partial charge is 0.247 e. The number of amides is 2. The monoisotopic (exact) mass is 349 g/mol. The molecule has 1 aromatic rings. The van der Waals surface area contributed by atoms with Crippen LogP contribution < -0.4 is 27.0 Å². The number of carbonyl (C=O) groups excluding carboxylic acids is 2. The molecule has 8 nitrogen and oxygen atoms in total. The third-order valence-electron chi connectivity index (χ3n) is 3.72. The van der Waals surface area contributed by atoms with Gasteiger partial charge in [0.2, 0.25) is 22.7 Å². The van der Waals surface area contributed by atoms with Crippen LogP contribution in [-0.4, -0.2) is 49.6 Å². The highest BCUT2D eigenvalue weighted by Crippen LogP contribution is 2.02. The van der Waals surface area contributed by atoms with Gasteiger partial charge in [-0.25, -0.2) is 5.06 Å². The van der Waals surface area contributed by atoms with E-state index in [0.29, 0.717) is 37.4 Å². The third-order valence-corrected chi connectivity index (χ3v) is 3.72. The van der Waals surface area contributed by atoms with E-state index in [1.54, 1.807) is 0 Å². The van der Waals surface area contributed by atoms with E-state index in [-0.39, 0.29) is 36.4 Å². The molecule has 0 bridgehead atoms. The molecule has 136 valence electrons. The second kappa shape index (κ2) is 10.7. The first kappa shape index (κ1) is 20.9. The molecule has 25 heavy (non-hydrogen) atoms. The molecule has 1 rings (SSSR count). The van der Waals surface area contributed by atoms with Crippen molar-refractivity contribution in [3.8, 4) is 0 Å². The van der Waals surface area contributed by atoms with E-state index in [1.807, 2.05) is 6.92 Å². The molecule has 0 aliphatic rings. The molecule has 0 spiro atoms. The Balaban J connectivity index is 2.09. The van der Waals surface area contributed by atoms with Gasteiger partial charge in [0.15, 0.2) is 0 Å². The molecular formula is C16H24BN3O5. The molecule has 2 radical (unpaired) electrons. The molecule has 3 N–H and O–H groups in total.